The van der Waals surface area contributed by atoms with Gasteiger partial charge in [0.05, 0.1) is 12.4 Å². The SMILES string of the molecule is CC(=O)N/N=C/c1ccccc1/C=N/NC(C)=O. The predicted octanol–water partition coefficient (Wildman–Crippen LogP) is 0.627. The van der Waals surface area contributed by atoms with Crippen molar-refractivity contribution in [1.82, 2.24) is 10.9 Å². The van der Waals surface area contributed by atoms with Crippen molar-refractivity contribution in [1.29, 1.82) is 0 Å². The third-order valence-electron chi connectivity index (χ3n) is 1.85. The minimum Gasteiger partial charge on any atom is -0.274 e. The Bertz CT molecular complexity index is 450. The van der Waals surface area contributed by atoms with Crippen molar-refractivity contribution in [3.05, 3.63) is 35.4 Å². The van der Waals surface area contributed by atoms with Gasteiger partial charge in [-0.2, -0.15) is 10.2 Å². The lowest BCUT2D eigenvalue weighted by molar-refractivity contribution is -0.119. The Kier molecular flexibility index (Phi) is 5.24. The Morgan fingerprint density at radius 1 is 0.944 bits per heavy atom. The van der Waals surface area contributed by atoms with E-state index in [0.717, 1.165) is 11.1 Å². The fourth-order valence-corrected chi connectivity index (χ4v) is 1.13. The molecule has 0 spiro atoms. The highest BCUT2D eigenvalue weighted by molar-refractivity contribution is 5.94. The van der Waals surface area contributed by atoms with Crippen LogP contribution in [-0.2, 0) is 9.59 Å². The molecular formula is C12H14N4O2. The molecule has 94 valence electrons. The van der Waals surface area contributed by atoms with E-state index in [9.17, 15) is 9.59 Å². The minimum absolute atomic E-state index is 0.240. The van der Waals surface area contributed by atoms with Gasteiger partial charge < -0.3 is 0 Å². The Morgan fingerprint density at radius 2 is 1.33 bits per heavy atom. The average molecular weight is 246 g/mol. The molecule has 0 atom stereocenters. The molecule has 0 bridgehead atoms. The van der Waals surface area contributed by atoms with Crippen molar-refractivity contribution < 1.29 is 9.59 Å². The number of nitrogens with one attached hydrogen (secondary N) is 2. The highest BCUT2D eigenvalue weighted by Gasteiger charge is 1.96. The van der Waals surface area contributed by atoms with E-state index in [1.54, 1.807) is 0 Å². The summed E-state index contributed by atoms with van der Waals surface area (Å²) in [7, 11) is 0. The van der Waals surface area contributed by atoms with Crippen LogP contribution in [0.1, 0.15) is 25.0 Å². The van der Waals surface area contributed by atoms with Crippen LogP contribution in [0.5, 0.6) is 0 Å². The summed E-state index contributed by atoms with van der Waals surface area (Å²) in [5, 5.41) is 7.54. The van der Waals surface area contributed by atoms with Crippen molar-refractivity contribution in [3.63, 3.8) is 0 Å². The molecule has 0 unspecified atom stereocenters. The Hall–Kier alpha value is -2.50. The van der Waals surface area contributed by atoms with Gasteiger partial charge in [0.2, 0.25) is 11.8 Å². The molecule has 0 aliphatic carbocycles. The Balaban J connectivity index is 2.79. The minimum atomic E-state index is -0.240. The molecule has 0 fully saturated rings. The number of hydrazone groups is 2. The van der Waals surface area contributed by atoms with Gasteiger partial charge in [0.25, 0.3) is 0 Å². The second kappa shape index (κ2) is 6.95. The van der Waals surface area contributed by atoms with E-state index in [0.29, 0.717) is 0 Å². The molecular weight excluding hydrogens is 232 g/mol. The van der Waals surface area contributed by atoms with Gasteiger partial charge in [-0.1, -0.05) is 24.3 Å². The zero-order valence-electron chi connectivity index (χ0n) is 10.2. The first-order valence-corrected chi connectivity index (χ1v) is 5.28. The largest absolute Gasteiger partial charge is 0.274 e. The molecule has 6 nitrogen and oxygen atoms in total. The predicted molar refractivity (Wildman–Crippen MR) is 69.3 cm³/mol. The Morgan fingerprint density at radius 3 is 1.67 bits per heavy atom. The number of carbonyl (C=O) groups excluding carboxylic acids is 2. The third-order valence-corrected chi connectivity index (χ3v) is 1.85. The average Bonchev–Trinajstić information content (AvgIpc) is 2.30. The summed E-state index contributed by atoms with van der Waals surface area (Å²) in [5.74, 6) is -0.480. The van der Waals surface area contributed by atoms with Gasteiger partial charge in [-0.15, -0.1) is 0 Å². The summed E-state index contributed by atoms with van der Waals surface area (Å²) < 4.78 is 0. The molecule has 0 radical (unpaired) electrons. The molecule has 0 saturated carbocycles. The number of hydrogen-bond acceptors (Lipinski definition) is 4. The number of carbonyl (C=O) groups is 2. The molecule has 1 rings (SSSR count). The number of rotatable bonds is 4. The zero-order valence-corrected chi connectivity index (χ0v) is 10.2. The van der Waals surface area contributed by atoms with Crippen LogP contribution in [0.25, 0.3) is 0 Å². The first-order valence-electron chi connectivity index (χ1n) is 5.28. The van der Waals surface area contributed by atoms with E-state index < -0.39 is 0 Å². The number of nitrogens with zero attached hydrogens (tertiary/aromatic N) is 2. The van der Waals surface area contributed by atoms with Gasteiger partial charge in [0.1, 0.15) is 0 Å². The highest BCUT2D eigenvalue weighted by Crippen LogP contribution is 2.02. The first kappa shape index (κ1) is 13.6. The number of amides is 2. The maximum atomic E-state index is 10.7. The molecule has 1 aromatic rings. The van der Waals surface area contributed by atoms with Crippen molar-refractivity contribution in [2.24, 2.45) is 10.2 Å². The smallest absolute Gasteiger partial charge is 0.236 e. The first-order chi connectivity index (χ1) is 8.59. The van der Waals surface area contributed by atoms with Gasteiger partial charge in [0.15, 0.2) is 0 Å². The van der Waals surface area contributed by atoms with Gasteiger partial charge in [0, 0.05) is 25.0 Å². The second-order valence-corrected chi connectivity index (χ2v) is 3.48. The van der Waals surface area contributed by atoms with Crippen LogP contribution in [0.15, 0.2) is 34.5 Å². The summed E-state index contributed by atoms with van der Waals surface area (Å²) in [5.41, 5.74) is 6.18. The van der Waals surface area contributed by atoms with Crippen LogP contribution in [0.4, 0.5) is 0 Å². The van der Waals surface area contributed by atoms with Gasteiger partial charge in [-0.3, -0.25) is 9.59 Å². The third kappa shape index (κ3) is 5.02. The van der Waals surface area contributed by atoms with Gasteiger partial charge >= 0.3 is 0 Å². The van der Waals surface area contributed by atoms with E-state index in [-0.39, 0.29) is 11.8 Å². The van der Waals surface area contributed by atoms with Gasteiger partial charge in [-0.25, -0.2) is 10.9 Å². The van der Waals surface area contributed by atoms with Crippen LogP contribution < -0.4 is 10.9 Å². The molecule has 0 aliphatic rings. The van der Waals surface area contributed by atoms with Crippen LogP contribution in [0.3, 0.4) is 0 Å². The van der Waals surface area contributed by atoms with Crippen LogP contribution >= 0.6 is 0 Å². The number of hydrogen-bond donors (Lipinski definition) is 2. The van der Waals surface area contributed by atoms with E-state index in [2.05, 4.69) is 21.1 Å². The lowest BCUT2D eigenvalue weighted by Gasteiger charge is -1.99. The quantitative estimate of drug-likeness (QED) is 0.603. The topological polar surface area (TPSA) is 82.9 Å². The summed E-state index contributed by atoms with van der Waals surface area (Å²) in [6.45, 7) is 2.75. The lowest BCUT2D eigenvalue weighted by atomic mass is 10.1. The second-order valence-electron chi connectivity index (χ2n) is 3.48. The maximum Gasteiger partial charge on any atom is 0.236 e. The normalized spacial score (nSPS) is 10.8. The van der Waals surface area contributed by atoms with Crippen molar-refractivity contribution in [3.8, 4) is 0 Å². The highest BCUT2D eigenvalue weighted by atomic mass is 16.2. The fraction of sp³-hybridized carbons (Fsp3) is 0.167. The molecule has 2 N–H and O–H groups in total. The Labute approximate surface area is 105 Å². The standard InChI is InChI=1S/C12H14N4O2/c1-9(17)15-13-7-11-5-3-4-6-12(11)8-14-16-10(2)18/h3-8H,1-2H3,(H,15,17)(H,16,18)/b13-7+,14-8+. The molecule has 0 heterocycles. The number of benzene rings is 1. The molecule has 0 saturated heterocycles. The summed E-state index contributed by atoms with van der Waals surface area (Å²) in [6, 6.07) is 7.32. The monoisotopic (exact) mass is 246 g/mol. The van der Waals surface area contributed by atoms with E-state index >= 15 is 0 Å². The molecule has 1 aromatic carbocycles. The van der Waals surface area contributed by atoms with E-state index in [4.69, 9.17) is 0 Å². The van der Waals surface area contributed by atoms with E-state index in [1.807, 2.05) is 24.3 Å². The zero-order chi connectivity index (χ0) is 13.4. The molecule has 0 aliphatic heterocycles. The maximum absolute atomic E-state index is 10.7. The molecule has 2 amide bonds. The summed E-state index contributed by atoms with van der Waals surface area (Å²) >= 11 is 0. The van der Waals surface area contributed by atoms with E-state index in [1.165, 1.54) is 26.3 Å². The summed E-state index contributed by atoms with van der Waals surface area (Å²) in [6.07, 6.45) is 3.02. The van der Waals surface area contributed by atoms with Gasteiger partial charge in [-0.05, 0) is 0 Å². The van der Waals surface area contributed by atoms with Crippen molar-refractivity contribution >= 4 is 24.2 Å². The van der Waals surface area contributed by atoms with Crippen molar-refractivity contribution in [2.45, 2.75) is 13.8 Å². The van der Waals surface area contributed by atoms with Crippen LogP contribution in [-0.4, -0.2) is 24.2 Å². The lowest BCUT2D eigenvalue weighted by Crippen LogP contribution is -2.13. The van der Waals surface area contributed by atoms with Crippen molar-refractivity contribution in [2.75, 3.05) is 0 Å². The van der Waals surface area contributed by atoms with Crippen LogP contribution in [0.2, 0.25) is 0 Å². The molecule has 6 heteroatoms. The fourth-order valence-electron chi connectivity index (χ4n) is 1.13. The van der Waals surface area contributed by atoms with Crippen LogP contribution in [0, 0.1) is 0 Å². The molecule has 18 heavy (non-hydrogen) atoms. The summed E-state index contributed by atoms with van der Waals surface area (Å²) in [4.78, 5) is 21.3. The molecule has 0 aromatic heterocycles.